The Morgan fingerprint density at radius 3 is 2.67 bits per heavy atom. The Balaban J connectivity index is 2.04. The minimum absolute atomic E-state index is 0.0110. The molecular weight excluding hydrogens is 262 g/mol. The number of hydrogen-bond donors (Lipinski definition) is 2. The van der Waals surface area contributed by atoms with Crippen molar-refractivity contribution in [2.24, 2.45) is 4.99 Å². The molecule has 3 aromatic rings. The van der Waals surface area contributed by atoms with E-state index < -0.39 is 0 Å². The summed E-state index contributed by atoms with van der Waals surface area (Å²) in [6, 6.07) is 18.8. The Morgan fingerprint density at radius 1 is 0.952 bits per heavy atom. The summed E-state index contributed by atoms with van der Waals surface area (Å²) in [5.74, 6) is 0.204. The van der Waals surface area contributed by atoms with E-state index in [2.05, 4.69) is 4.99 Å². The summed E-state index contributed by atoms with van der Waals surface area (Å²) in [5.41, 5.74) is 2.25. The average Bonchev–Trinajstić information content (AvgIpc) is 2.54. The predicted octanol–water partition coefficient (Wildman–Crippen LogP) is 3.79. The summed E-state index contributed by atoms with van der Waals surface area (Å²) in [5, 5.41) is 21.2. The van der Waals surface area contributed by atoms with Gasteiger partial charge >= 0.3 is 0 Å². The maximum atomic E-state index is 10.1. The van der Waals surface area contributed by atoms with E-state index in [9.17, 15) is 5.11 Å². The Kier molecular flexibility index (Phi) is 3.67. The van der Waals surface area contributed by atoms with Crippen LogP contribution in [0.15, 0.2) is 65.7 Å². The van der Waals surface area contributed by atoms with E-state index >= 15 is 0 Å². The monoisotopic (exact) mass is 277 g/mol. The molecule has 0 aliphatic heterocycles. The highest BCUT2D eigenvalue weighted by Crippen LogP contribution is 2.26. The topological polar surface area (TPSA) is 52.8 Å². The summed E-state index contributed by atoms with van der Waals surface area (Å²) in [6.45, 7) is -0.0110. The largest absolute Gasteiger partial charge is 0.507 e. The number of hydrogen-bond acceptors (Lipinski definition) is 3. The lowest BCUT2D eigenvalue weighted by Crippen LogP contribution is -1.86. The van der Waals surface area contributed by atoms with Gasteiger partial charge in [0.15, 0.2) is 0 Å². The second-order valence-corrected chi connectivity index (χ2v) is 4.81. The second kappa shape index (κ2) is 5.77. The SMILES string of the molecule is OCc1cccc(N=Cc2c(O)ccc3ccccc23)c1. The van der Waals surface area contributed by atoms with Crippen LogP contribution < -0.4 is 0 Å². The van der Waals surface area contributed by atoms with Gasteiger partial charge in [0, 0.05) is 11.8 Å². The lowest BCUT2D eigenvalue weighted by molar-refractivity contribution is 0.282. The first-order valence-electron chi connectivity index (χ1n) is 6.72. The molecule has 0 saturated carbocycles. The molecule has 0 aliphatic carbocycles. The third-order valence-corrected chi connectivity index (χ3v) is 3.38. The maximum absolute atomic E-state index is 10.1. The molecule has 104 valence electrons. The Morgan fingerprint density at radius 2 is 1.81 bits per heavy atom. The summed E-state index contributed by atoms with van der Waals surface area (Å²) >= 11 is 0. The van der Waals surface area contributed by atoms with E-state index in [1.165, 1.54) is 0 Å². The third-order valence-electron chi connectivity index (χ3n) is 3.38. The fourth-order valence-electron chi connectivity index (χ4n) is 2.29. The molecule has 0 spiro atoms. The highest BCUT2D eigenvalue weighted by molar-refractivity contribution is 6.02. The molecule has 0 amide bonds. The first-order valence-corrected chi connectivity index (χ1v) is 6.72. The molecule has 0 aliphatic rings. The molecule has 2 N–H and O–H groups in total. The van der Waals surface area contributed by atoms with E-state index in [0.717, 1.165) is 22.0 Å². The maximum Gasteiger partial charge on any atom is 0.124 e. The summed E-state index contributed by atoms with van der Waals surface area (Å²) < 4.78 is 0. The molecule has 3 rings (SSSR count). The molecule has 3 aromatic carbocycles. The zero-order chi connectivity index (χ0) is 14.7. The van der Waals surface area contributed by atoms with Crippen LogP contribution in [0.1, 0.15) is 11.1 Å². The third kappa shape index (κ3) is 2.78. The highest BCUT2D eigenvalue weighted by Gasteiger charge is 2.04. The van der Waals surface area contributed by atoms with Crippen molar-refractivity contribution in [3.05, 3.63) is 71.8 Å². The van der Waals surface area contributed by atoms with E-state index in [1.54, 1.807) is 12.3 Å². The van der Waals surface area contributed by atoms with Gasteiger partial charge in [-0.3, -0.25) is 4.99 Å². The van der Waals surface area contributed by atoms with Gasteiger partial charge in [-0.2, -0.15) is 0 Å². The number of nitrogens with zero attached hydrogens (tertiary/aromatic N) is 1. The lowest BCUT2D eigenvalue weighted by atomic mass is 10.0. The van der Waals surface area contributed by atoms with Crippen molar-refractivity contribution in [2.45, 2.75) is 6.61 Å². The van der Waals surface area contributed by atoms with Crippen LogP contribution in [0.4, 0.5) is 5.69 Å². The van der Waals surface area contributed by atoms with Gasteiger partial charge in [-0.25, -0.2) is 0 Å². The van der Waals surface area contributed by atoms with Crippen molar-refractivity contribution in [3.8, 4) is 5.75 Å². The summed E-state index contributed by atoms with van der Waals surface area (Å²) in [4.78, 5) is 4.40. The fraction of sp³-hybridized carbons (Fsp3) is 0.0556. The summed E-state index contributed by atoms with van der Waals surface area (Å²) in [6.07, 6.45) is 1.66. The van der Waals surface area contributed by atoms with Crippen LogP contribution in [-0.2, 0) is 6.61 Å². The molecule has 0 saturated heterocycles. The van der Waals surface area contributed by atoms with Gasteiger partial charge in [-0.05, 0) is 34.5 Å². The normalized spacial score (nSPS) is 11.3. The van der Waals surface area contributed by atoms with Crippen LogP contribution in [0, 0.1) is 0 Å². The first kappa shape index (κ1) is 13.3. The van der Waals surface area contributed by atoms with Gasteiger partial charge in [-0.15, -0.1) is 0 Å². The number of phenols is 1. The fourth-order valence-corrected chi connectivity index (χ4v) is 2.29. The zero-order valence-corrected chi connectivity index (χ0v) is 11.4. The number of aliphatic hydroxyl groups excluding tert-OH is 1. The number of fused-ring (bicyclic) bond motifs is 1. The Labute approximate surface area is 122 Å². The van der Waals surface area contributed by atoms with Crippen molar-refractivity contribution in [2.75, 3.05) is 0 Å². The molecule has 0 radical (unpaired) electrons. The molecular formula is C18H15NO2. The van der Waals surface area contributed by atoms with E-state index in [0.29, 0.717) is 5.56 Å². The summed E-state index contributed by atoms with van der Waals surface area (Å²) in [7, 11) is 0. The van der Waals surface area contributed by atoms with Gasteiger partial charge < -0.3 is 10.2 Å². The van der Waals surface area contributed by atoms with Crippen LogP contribution in [0.5, 0.6) is 5.75 Å². The van der Waals surface area contributed by atoms with Crippen molar-refractivity contribution < 1.29 is 10.2 Å². The van der Waals surface area contributed by atoms with Crippen molar-refractivity contribution in [3.63, 3.8) is 0 Å². The van der Waals surface area contributed by atoms with Crippen LogP contribution in [-0.4, -0.2) is 16.4 Å². The van der Waals surface area contributed by atoms with Gasteiger partial charge in [0.05, 0.1) is 12.3 Å². The van der Waals surface area contributed by atoms with Crippen molar-refractivity contribution >= 4 is 22.7 Å². The Hall–Kier alpha value is -2.65. The van der Waals surface area contributed by atoms with Gasteiger partial charge in [0.1, 0.15) is 5.75 Å². The van der Waals surface area contributed by atoms with E-state index in [1.807, 2.05) is 54.6 Å². The van der Waals surface area contributed by atoms with Gasteiger partial charge in [-0.1, -0.05) is 42.5 Å². The molecule has 0 unspecified atom stereocenters. The zero-order valence-electron chi connectivity index (χ0n) is 11.4. The molecule has 0 fully saturated rings. The molecule has 3 heteroatoms. The first-order chi connectivity index (χ1) is 10.3. The van der Waals surface area contributed by atoms with E-state index in [-0.39, 0.29) is 12.4 Å². The Bertz CT molecular complexity index is 809. The minimum atomic E-state index is -0.0110. The second-order valence-electron chi connectivity index (χ2n) is 4.81. The van der Waals surface area contributed by atoms with Crippen molar-refractivity contribution in [1.29, 1.82) is 0 Å². The smallest absolute Gasteiger partial charge is 0.124 e. The lowest BCUT2D eigenvalue weighted by Gasteiger charge is -2.04. The highest BCUT2D eigenvalue weighted by atomic mass is 16.3. The van der Waals surface area contributed by atoms with Gasteiger partial charge in [0.2, 0.25) is 0 Å². The number of aliphatic hydroxyl groups is 1. The predicted molar refractivity (Wildman–Crippen MR) is 85.2 cm³/mol. The quantitative estimate of drug-likeness (QED) is 0.716. The molecule has 0 aromatic heterocycles. The number of aromatic hydroxyl groups is 1. The molecule has 21 heavy (non-hydrogen) atoms. The van der Waals surface area contributed by atoms with Crippen molar-refractivity contribution in [1.82, 2.24) is 0 Å². The molecule has 3 nitrogen and oxygen atoms in total. The van der Waals surface area contributed by atoms with Crippen LogP contribution in [0.3, 0.4) is 0 Å². The number of aliphatic imine (C=N–C) groups is 1. The minimum Gasteiger partial charge on any atom is -0.507 e. The molecule has 0 heterocycles. The van der Waals surface area contributed by atoms with Crippen LogP contribution in [0.2, 0.25) is 0 Å². The van der Waals surface area contributed by atoms with E-state index in [4.69, 9.17) is 5.11 Å². The van der Waals surface area contributed by atoms with Crippen LogP contribution in [0.25, 0.3) is 10.8 Å². The number of rotatable bonds is 3. The molecule has 0 atom stereocenters. The molecule has 0 bridgehead atoms. The van der Waals surface area contributed by atoms with Gasteiger partial charge in [0.25, 0.3) is 0 Å². The number of phenolic OH excluding ortho intramolecular Hbond substituents is 1. The number of benzene rings is 3. The average molecular weight is 277 g/mol. The van der Waals surface area contributed by atoms with Crippen LogP contribution >= 0.6 is 0 Å². The standard InChI is InChI=1S/C18H15NO2/c20-12-13-4-3-6-15(10-13)19-11-17-16-7-2-1-5-14(16)8-9-18(17)21/h1-11,20-21H,12H2.